The van der Waals surface area contributed by atoms with Gasteiger partial charge in [-0.3, -0.25) is 0 Å². The first-order valence-electron chi connectivity index (χ1n) is 13.1. The van der Waals surface area contributed by atoms with E-state index < -0.39 is 30.4 Å². The smallest absolute Gasteiger partial charge is 0.408 e. The summed E-state index contributed by atoms with van der Waals surface area (Å²) >= 11 is 0. The molecule has 0 unspecified atom stereocenters. The summed E-state index contributed by atoms with van der Waals surface area (Å²) in [6, 6.07) is 23.0. The van der Waals surface area contributed by atoms with E-state index >= 15 is 0 Å². The topological polar surface area (TPSA) is 82.0 Å². The third-order valence-electron chi connectivity index (χ3n) is 6.24. The molecule has 0 aliphatic carbocycles. The van der Waals surface area contributed by atoms with Gasteiger partial charge in [0.2, 0.25) is 0 Å². The first-order valence-corrected chi connectivity index (χ1v) is 13.1. The SMILES string of the molecule is CC(C)N(Cc1ccc(-c2ccc(C=CC(CO)(CO)NC(=O)OC(C)(C)C)cc2)cc1)c1ccc(F)cc1. The van der Waals surface area contributed by atoms with Gasteiger partial charge in [0.25, 0.3) is 0 Å². The molecule has 208 valence electrons. The minimum atomic E-state index is -1.35. The lowest BCUT2D eigenvalue weighted by Gasteiger charge is -2.29. The van der Waals surface area contributed by atoms with E-state index in [0.717, 1.165) is 27.9 Å². The number of carbonyl (C=O) groups excluding carboxylic acids is 1. The van der Waals surface area contributed by atoms with Crippen LogP contribution in [-0.4, -0.2) is 46.7 Å². The van der Waals surface area contributed by atoms with Crippen molar-refractivity contribution in [1.29, 1.82) is 0 Å². The summed E-state index contributed by atoms with van der Waals surface area (Å²) in [6.07, 6.45) is 2.60. The molecule has 3 rings (SSSR count). The fourth-order valence-corrected chi connectivity index (χ4v) is 4.03. The lowest BCUT2D eigenvalue weighted by molar-refractivity contribution is 0.0377. The number of nitrogens with one attached hydrogen (secondary N) is 1. The molecule has 0 radical (unpaired) electrons. The van der Waals surface area contributed by atoms with Crippen molar-refractivity contribution in [1.82, 2.24) is 5.32 Å². The molecule has 0 aliphatic rings. The molecule has 0 atom stereocenters. The van der Waals surface area contributed by atoms with Gasteiger partial charge >= 0.3 is 6.09 Å². The number of anilines is 1. The van der Waals surface area contributed by atoms with Crippen molar-refractivity contribution >= 4 is 17.9 Å². The van der Waals surface area contributed by atoms with Crippen molar-refractivity contribution in [3.63, 3.8) is 0 Å². The largest absolute Gasteiger partial charge is 0.444 e. The molecule has 3 aromatic carbocycles. The summed E-state index contributed by atoms with van der Waals surface area (Å²) in [5.74, 6) is -0.244. The maximum Gasteiger partial charge on any atom is 0.408 e. The van der Waals surface area contributed by atoms with E-state index in [1.807, 2.05) is 24.3 Å². The van der Waals surface area contributed by atoms with Crippen molar-refractivity contribution < 1.29 is 24.1 Å². The second-order valence-electron chi connectivity index (χ2n) is 10.9. The molecule has 3 aromatic rings. The van der Waals surface area contributed by atoms with Gasteiger partial charge in [0, 0.05) is 18.3 Å². The standard InChI is InChI=1S/C32H39FN2O4/c1-23(2)35(29-16-14-28(33)15-17-29)20-25-8-12-27(13-9-25)26-10-6-24(7-11-26)18-19-32(21-36,22-37)34-30(38)39-31(3,4)5/h6-19,23,36-37H,20-22H2,1-5H3,(H,34,38). The Morgan fingerprint density at radius 1 is 0.923 bits per heavy atom. The highest BCUT2D eigenvalue weighted by Crippen LogP contribution is 2.24. The number of hydrogen-bond donors (Lipinski definition) is 3. The average molecular weight is 535 g/mol. The number of amides is 1. The number of nitrogens with zero attached hydrogens (tertiary/aromatic N) is 1. The van der Waals surface area contributed by atoms with Gasteiger partial charge in [-0.05, 0) is 81.1 Å². The van der Waals surface area contributed by atoms with Crippen LogP contribution >= 0.6 is 0 Å². The predicted octanol–water partition coefficient (Wildman–Crippen LogP) is 6.17. The van der Waals surface area contributed by atoms with Crippen LogP contribution in [0.2, 0.25) is 0 Å². The van der Waals surface area contributed by atoms with Crippen molar-refractivity contribution in [3.05, 3.63) is 95.8 Å². The average Bonchev–Trinajstić information content (AvgIpc) is 2.90. The van der Waals surface area contributed by atoms with Crippen molar-refractivity contribution in [2.75, 3.05) is 18.1 Å². The lowest BCUT2D eigenvalue weighted by atomic mass is 9.98. The van der Waals surface area contributed by atoms with Gasteiger partial charge in [-0.2, -0.15) is 0 Å². The zero-order chi connectivity index (χ0) is 28.6. The number of aliphatic hydroxyl groups excluding tert-OH is 2. The number of rotatable bonds is 10. The summed E-state index contributed by atoms with van der Waals surface area (Å²) in [5, 5.41) is 22.3. The van der Waals surface area contributed by atoms with Gasteiger partial charge in [-0.25, -0.2) is 9.18 Å². The highest BCUT2D eigenvalue weighted by atomic mass is 19.1. The molecule has 0 aromatic heterocycles. The Morgan fingerprint density at radius 2 is 1.46 bits per heavy atom. The van der Waals surface area contributed by atoms with Crippen molar-refractivity contribution in [2.24, 2.45) is 0 Å². The van der Waals surface area contributed by atoms with Gasteiger partial charge in [0.05, 0.1) is 13.2 Å². The number of halogens is 1. The van der Waals surface area contributed by atoms with Crippen LogP contribution in [0.1, 0.15) is 45.7 Å². The van der Waals surface area contributed by atoms with E-state index in [9.17, 15) is 19.4 Å². The molecule has 7 heteroatoms. The van der Waals surface area contributed by atoms with E-state index in [1.165, 1.54) is 12.1 Å². The molecule has 0 saturated carbocycles. The lowest BCUT2D eigenvalue weighted by Crippen LogP contribution is -2.53. The number of benzene rings is 3. The Morgan fingerprint density at radius 3 is 1.95 bits per heavy atom. The number of alkyl carbamates (subject to hydrolysis) is 1. The molecule has 3 N–H and O–H groups in total. The zero-order valence-electron chi connectivity index (χ0n) is 23.3. The maximum absolute atomic E-state index is 13.4. The van der Waals surface area contributed by atoms with Crippen molar-refractivity contribution in [3.8, 4) is 11.1 Å². The van der Waals surface area contributed by atoms with Crippen molar-refractivity contribution in [2.45, 2.75) is 58.3 Å². The van der Waals surface area contributed by atoms with Crippen LogP contribution < -0.4 is 10.2 Å². The van der Waals surface area contributed by atoms with Gasteiger partial charge in [0.1, 0.15) is 17.0 Å². The fraction of sp³-hybridized carbons (Fsp3) is 0.344. The van der Waals surface area contributed by atoms with Crippen LogP contribution in [0, 0.1) is 5.82 Å². The monoisotopic (exact) mass is 534 g/mol. The number of carbonyl (C=O) groups is 1. The number of aliphatic hydroxyl groups is 2. The summed E-state index contributed by atoms with van der Waals surface area (Å²) in [4.78, 5) is 14.4. The first kappa shape index (κ1) is 29.9. The van der Waals surface area contributed by atoms with Gasteiger partial charge < -0.3 is 25.2 Å². The summed E-state index contributed by atoms with van der Waals surface area (Å²) < 4.78 is 18.6. The van der Waals surface area contributed by atoms with E-state index in [-0.39, 0.29) is 11.9 Å². The Kier molecular flexibility index (Phi) is 9.89. The number of ether oxygens (including phenoxy) is 1. The summed E-state index contributed by atoms with van der Waals surface area (Å²) in [5.41, 5.74) is 3.03. The molecular formula is C32H39FN2O4. The molecule has 0 aliphatic heterocycles. The molecule has 0 fully saturated rings. The predicted molar refractivity (Wildman–Crippen MR) is 155 cm³/mol. The summed E-state index contributed by atoms with van der Waals surface area (Å²) in [6.45, 7) is 9.20. The van der Waals surface area contributed by atoms with Crippen LogP contribution in [0.3, 0.4) is 0 Å². The van der Waals surface area contributed by atoms with E-state index in [1.54, 1.807) is 45.1 Å². The first-order chi connectivity index (χ1) is 18.4. The Labute approximate surface area is 230 Å². The molecule has 0 saturated heterocycles. The third-order valence-corrected chi connectivity index (χ3v) is 6.24. The van der Waals surface area contributed by atoms with Gasteiger partial charge in [0.15, 0.2) is 0 Å². The highest BCUT2D eigenvalue weighted by molar-refractivity contribution is 5.70. The highest BCUT2D eigenvalue weighted by Gasteiger charge is 2.30. The maximum atomic E-state index is 13.4. The summed E-state index contributed by atoms with van der Waals surface area (Å²) in [7, 11) is 0. The quantitative estimate of drug-likeness (QED) is 0.290. The Balaban J connectivity index is 1.69. The van der Waals surface area contributed by atoms with E-state index in [2.05, 4.69) is 48.3 Å². The van der Waals surface area contributed by atoms with E-state index in [4.69, 9.17) is 4.74 Å². The van der Waals surface area contributed by atoms with Crippen LogP contribution in [0.15, 0.2) is 78.9 Å². The zero-order valence-corrected chi connectivity index (χ0v) is 23.3. The van der Waals surface area contributed by atoms with Crippen LogP contribution in [0.25, 0.3) is 17.2 Å². The normalized spacial score (nSPS) is 12.1. The third kappa shape index (κ3) is 8.67. The van der Waals surface area contributed by atoms with Gasteiger partial charge in [-0.15, -0.1) is 0 Å². The molecular weight excluding hydrogens is 495 g/mol. The fourth-order valence-electron chi connectivity index (χ4n) is 4.03. The molecule has 6 nitrogen and oxygen atoms in total. The van der Waals surface area contributed by atoms with Gasteiger partial charge in [-0.1, -0.05) is 60.7 Å². The minimum Gasteiger partial charge on any atom is -0.444 e. The minimum absolute atomic E-state index is 0.244. The second kappa shape index (κ2) is 12.9. The van der Waals surface area contributed by atoms with E-state index in [0.29, 0.717) is 6.54 Å². The van der Waals surface area contributed by atoms with Crippen LogP contribution in [-0.2, 0) is 11.3 Å². The number of hydrogen-bond acceptors (Lipinski definition) is 5. The molecule has 0 spiro atoms. The molecule has 1 amide bonds. The molecule has 39 heavy (non-hydrogen) atoms. The molecule has 0 heterocycles. The second-order valence-corrected chi connectivity index (χ2v) is 10.9. The van der Waals surface area contributed by atoms with Crippen LogP contribution in [0.4, 0.5) is 14.9 Å². The molecule has 0 bridgehead atoms. The Hall–Kier alpha value is -3.68. The van der Waals surface area contributed by atoms with Crippen LogP contribution in [0.5, 0.6) is 0 Å². The Bertz CT molecular complexity index is 1230.